The molecule has 0 aliphatic rings. The molecule has 0 saturated heterocycles. The van der Waals surface area contributed by atoms with Crippen LogP contribution in [0, 0.1) is 0 Å². The normalized spacial score (nSPS) is 13.3. The Kier molecular flexibility index (Phi) is 3.58. The molecule has 0 amide bonds. The van der Waals surface area contributed by atoms with Crippen LogP contribution in [0.2, 0.25) is 0 Å². The summed E-state index contributed by atoms with van der Waals surface area (Å²) in [5.41, 5.74) is -6.66. The Morgan fingerprint density at radius 1 is 1.00 bits per heavy atom. The Labute approximate surface area is 99.7 Å². The Bertz CT molecular complexity index is 650. The van der Waals surface area contributed by atoms with E-state index in [2.05, 4.69) is 0 Å². The van der Waals surface area contributed by atoms with Crippen LogP contribution >= 0.6 is 0 Å². The van der Waals surface area contributed by atoms with E-state index >= 15 is 0 Å². The monoisotopic (exact) mass is 307 g/mol. The molecule has 0 radical (unpaired) electrons. The van der Waals surface area contributed by atoms with Gasteiger partial charge in [-0.25, -0.2) is 0 Å². The van der Waals surface area contributed by atoms with Crippen molar-refractivity contribution in [3.8, 4) is 0 Å². The van der Waals surface area contributed by atoms with Crippen molar-refractivity contribution in [2.75, 3.05) is 4.72 Å². The molecule has 0 heterocycles. The standard InChI is InChI=1S/C7H5F4NO4S2/c8-7(9,10)18(15,16)12-5-3-1-2-4-6(5)17(11,13)14/h1-4,12H. The van der Waals surface area contributed by atoms with Gasteiger partial charge in [0.1, 0.15) is 4.90 Å². The number of para-hydroxylation sites is 1. The van der Waals surface area contributed by atoms with Crippen molar-refractivity contribution in [3.63, 3.8) is 0 Å². The van der Waals surface area contributed by atoms with E-state index in [1.54, 1.807) is 0 Å². The van der Waals surface area contributed by atoms with E-state index in [-0.39, 0.29) is 0 Å². The van der Waals surface area contributed by atoms with Crippen molar-refractivity contribution >= 4 is 25.9 Å². The SMILES string of the molecule is O=S(=O)(F)c1ccccc1NS(=O)(=O)C(F)(F)F. The number of hydrogen-bond acceptors (Lipinski definition) is 4. The number of alkyl halides is 3. The maximum absolute atomic E-state index is 12.7. The molecule has 0 atom stereocenters. The molecule has 1 aromatic carbocycles. The topological polar surface area (TPSA) is 80.3 Å². The first-order valence-electron chi connectivity index (χ1n) is 4.08. The van der Waals surface area contributed by atoms with Crippen LogP contribution in [0.3, 0.4) is 0 Å². The summed E-state index contributed by atoms with van der Waals surface area (Å²) in [5.74, 6) is 0. The zero-order chi connectivity index (χ0) is 14.2. The number of rotatable bonds is 3. The third kappa shape index (κ3) is 3.10. The maximum Gasteiger partial charge on any atom is 0.516 e. The minimum absolute atomic E-state index is 0.629. The minimum atomic E-state index is -5.81. The van der Waals surface area contributed by atoms with Gasteiger partial charge in [0.2, 0.25) is 0 Å². The number of halogens is 4. The van der Waals surface area contributed by atoms with Gasteiger partial charge in [-0.05, 0) is 12.1 Å². The lowest BCUT2D eigenvalue weighted by Gasteiger charge is -2.12. The zero-order valence-corrected chi connectivity index (χ0v) is 9.90. The second-order valence-electron chi connectivity index (χ2n) is 2.99. The molecule has 0 fully saturated rings. The van der Waals surface area contributed by atoms with Gasteiger partial charge in [0, 0.05) is 0 Å². The van der Waals surface area contributed by atoms with Crippen molar-refractivity contribution in [2.24, 2.45) is 0 Å². The summed E-state index contributed by atoms with van der Waals surface area (Å²) in [7, 11) is -11.2. The third-order valence-corrected chi connectivity index (χ3v) is 3.68. The molecule has 102 valence electrons. The van der Waals surface area contributed by atoms with Crippen LogP contribution < -0.4 is 4.72 Å². The number of nitrogens with one attached hydrogen (secondary N) is 1. The molecule has 1 rings (SSSR count). The van der Waals surface area contributed by atoms with Gasteiger partial charge in [0.05, 0.1) is 5.69 Å². The Balaban J connectivity index is 3.31. The molecule has 18 heavy (non-hydrogen) atoms. The maximum atomic E-state index is 12.7. The highest BCUT2D eigenvalue weighted by molar-refractivity contribution is 7.93. The van der Waals surface area contributed by atoms with Crippen LogP contribution in [-0.4, -0.2) is 22.3 Å². The number of sulfonamides is 1. The third-order valence-electron chi connectivity index (χ3n) is 1.70. The average molecular weight is 307 g/mol. The van der Waals surface area contributed by atoms with Gasteiger partial charge in [-0.1, -0.05) is 12.1 Å². The van der Waals surface area contributed by atoms with E-state index in [4.69, 9.17) is 0 Å². The summed E-state index contributed by atoms with van der Waals surface area (Å²) in [6.45, 7) is 0. The van der Waals surface area contributed by atoms with Gasteiger partial charge in [-0.3, -0.25) is 4.72 Å². The summed E-state index contributed by atoms with van der Waals surface area (Å²) >= 11 is 0. The second-order valence-corrected chi connectivity index (χ2v) is 5.97. The highest BCUT2D eigenvalue weighted by atomic mass is 32.3. The summed E-state index contributed by atoms with van der Waals surface area (Å²) in [6.07, 6.45) is 0. The number of benzene rings is 1. The van der Waals surface area contributed by atoms with E-state index in [0.717, 1.165) is 16.9 Å². The van der Waals surface area contributed by atoms with Gasteiger partial charge < -0.3 is 0 Å². The Morgan fingerprint density at radius 2 is 1.50 bits per heavy atom. The van der Waals surface area contributed by atoms with Crippen molar-refractivity contribution in [2.45, 2.75) is 10.4 Å². The molecule has 5 nitrogen and oxygen atoms in total. The predicted molar refractivity (Wildman–Crippen MR) is 53.3 cm³/mol. The van der Waals surface area contributed by atoms with E-state index in [0.29, 0.717) is 12.1 Å². The molecule has 0 spiro atoms. The van der Waals surface area contributed by atoms with Crippen molar-refractivity contribution in [3.05, 3.63) is 24.3 Å². The first-order valence-corrected chi connectivity index (χ1v) is 6.94. The molecule has 0 unspecified atom stereocenters. The molecular weight excluding hydrogens is 302 g/mol. The fraction of sp³-hybridized carbons (Fsp3) is 0.143. The van der Waals surface area contributed by atoms with Gasteiger partial charge in [-0.2, -0.15) is 30.0 Å². The Morgan fingerprint density at radius 3 is 1.94 bits per heavy atom. The fourth-order valence-electron chi connectivity index (χ4n) is 0.966. The lowest BCUT2D eigenvalue weighted by molar-refractivity contribution is -0.0429. The quantitative estimate of drug-likeness (QED) is 0.679. The van der Waals surface area contributed by atoms with Gasteiger partial charge in [0.25, 0.3) is 0 Å². The van der Waals surface area contributed by atoms with Crippen LogP contribution in [0.15, 0.2) is 29.2 Å². The molecule has 1 aromatic rings. The van der Waals surface area contributed by atoms with Crippen molar-refractivity contribution < 1.29 is 33.9 Å². The number of hydrogen-bond donors (Lipinski definition) is 1. The van der Waals surface area contributed by atoms with Crippen LogP contribution in [0.5, 0.6) is 0 Å². The molecule has 11 heteroatoms. The van der Waals surface area contributed by atoms with E-state index in [9.17, 15) is 33.9 Å². The molecule has 0 aliphatic carbocycles. The molecular formula is C7H5F4NO4S2. The smallest absolute Gasteiger partial charge is 0.275 e. The molecule has 0 aromatic heterocycles. The number of anilines is 1. The predicted octanol–water partition coefficient (Wildman–Crippen LogP) is 1.61. The van der Waals surface area contributed by atoms with E-state index in [1.165, 1.54) is 0 Å². The van der Waals surface area contributed by atoms with Crippen LogP contribution in [0.25, 0.3) is 0 Å². The van der Waals surface area contributed by atoms with Gasteiger partial charge in [0.15, 0.2) is 0 Å². The summed E-state index contributed by atoms with van der Waals surface area (Å²) < 4.78 is 92.5. The van der Waals surface area contributed by atoms with Crippen molar-refractivity contribution in [1.29, 1.82) is 0 Å². The lowest BCUT2D eigenvalue weighted by atomic mass is 10.3. The second kappa shape index (κ2) is 4.39. The summed E-state index contributed by atoms with van der Waals surface area (Å²) in [4.78, 5) is -1.20. The van der Waals surface area contributed by atoms with E-state index < -0.39 is 36.3 Å². The van der Waals surface area contributed by atoms with Crippen LogP contribution in [0.4, 0.5) is 22.7 Å². The summed E-state index contributed by atoms with van der Waals surface area (Å²) in [6, 6.07) is 3.39. The largest absolute Gasteiger partial charge is 0.516 e. The molecule has 1 N–H and O–H groups in total. The van der Waals surface area contributed by atoms with Crippen LogP contribution in [0.1, 0.15) is 0 Å². The molecule has 0 saturated carbocycles. The van der Waals surface area contributed by atoms with Crippen LogP contribution in [-0.2, 0) is 20.2 Å². The Hall–Kier alpha value is -1.36. The van der Waals surface area contributed by atoms with Gasteiger partial charge in [-0.15, -0.1) is 3.89 Å². The molecule has 0 bridgehead atoms. The first-order chi connectivity index (χ1) is 7.95. The highest BCUT2D eigenvalue weighted by Crippen LogP contribution is 2.29. The molecule has 0 aliphatic heterocycles. The van der Waals surface area contributed by atoms with E-state index in [1.807, 2.05) is 0 Å². The lowest BCUT2D eigenvalue weighted by Crippen LogP contribution is -2.30. The fourth-order valence-corrected chi connectivity index (χ4v) is 2.24. The zero-order valence-electron chi connectivity index (χ0n) is 8.27. The van der Waals surface area contributed by atoms with Gasteiger partial charge >= 0.3 is 25.8 Å². The first kappa shape index (κ1) is 14.7. The average Bonchev–Trinajstić information content (AvgIpc) is 2.14. The highest BCUT2D eigenvalue weighted by Gasteiger charge is 2.46. The van der Waals surface area contributed by atoms with Crippen molar-refractivity contribution in [1.82, 2.24) is 0 Å². The summed E-state index contributed by atoms with van der Waals surface area (Å²) in [5, 5.41) is 0. The minimum Gasteiger partial charge on any atom is -0.275 e.